The molecule has 2 N–H and O–H groups in total. The summed E-state index contributed by atoms with van der Waals surface area (Å²) in [5.41, 5.74) is -0.276. The zero-order valence-electron chi connectivity index (χ0n) is 10.5. The van der Waals surface area contributed by atoms with Crippen molar-refractivity contribution in [3.8, 4) is 0 Å². The van der Waals surface area contributed by atoms with Crippen LogP contribution in [0.25, 0.3) is 0 Å². The highest BCUT2D eigenvalue weighted by molar-refractivity contribution is 5.84. The number of hydrogen-bond acceptors (Lipinski definition) is 3. The number of carbonyl (C=O) groups is 2. The minimum absolute atomic E-state index is 0.0481. The molecule has 0 spiro atoms. The van der Waals surface area contributed by atoms with E-state index in [1.54, 1.807) is 0 Å². The first-order valence-electron chi connectivity index (χ1n) is 5.85. The molecule has 0 fully saturated rings. The lowest BCUT2D eigenvalue weighted by atomic mass is 9.83. The summed E-state index contributed by atoms with van der Waals surface area (Å²) in [6.07, 6.45) is 2.21. The van der Waals surface area contributed by atoms with Gasteiger partial charge in [0.2, 0.25) is 5.91 Å². The number of amides is 1. The molecule has 0 aromatic heterocycles. The molecular weight excluding hydrogens is 206 g/mol. The molecule has 0 heterocycles. The predicted octanol–water partition coefficient (Wildman–Crippen LogP) is 1.27. The van der Waals surface area contributed by atoms with Crippen LogP contribution in [0.4, 0.5) is 0 Å². The number of carbonyl (C=O) groups excluding carboxylic acids is 2. The normalized spacial score (nSPS) is 11.2. The first-order valence-corrected chi connectivity index (χ1v) is 5.85. The first kappa shape index (κ1) is 15.1. The van der Waals surface area contributed by atoms with Gasteiger partial charge in [-0.25, -0.2) is 0 Å². The summed E-state index contributed by atoms with van der Waals surface area (Å²) in [7, 11) is 0. The molecule has 1 amide bonds. The Labute approximate surface area is 97.4 Å². The molecule has 0 bridgehead atoms. The highest BCUT2D eigenvalue weighted by Gasteiger charge is 2.24. The molecule has 0 saturated heterocycles. The van der Waals surface area contributed by atoms with E-state index in [1.807, 2.05) is 20.8 Å². The summed E-state index contributed by atoms with van der Waals surface area (Å²) in [5.74, 6) is 0.112. The van der Waals surface area contributed by atoms with Crippen molar-refractivity contribution >= 4 is 11.7 Å². The lowest BCUT2D eigenvalue weighted by Crippen LogP contribution is -2.27. The van der Waals surface area contributed by atoms with Crippen LogP contribution in [0.15, 0.2) is 0 Å². The van der Waals surface area contributed by atoms with Gasteiger partial charge in [0.1, 0.15) is 5.78 Å². The van der Waals surface area contributed by atoms with Gasteiger partial charge in [0.05, 0.1) is 6.61 Å². The lowest BCUT2D eigenvalue weighted by molar-refractivity contribution is -0.127. The maximum Gasteiger partial charge on any atom is 0.220 e. The van der Waals surface area contributed by atoms with Crippen molar-refractivity contribution in [1.82, 2.24) is 5.32 Å². The molecule has 0 atom stereocenters. The van der Waals surface area contributed by atoms with Gasteiger partial charge in [0.25, 0.3) is 0 Å². The van der Waals surface area contributed by atoms with Crippen LogP contribution >= 0.6 is 0 Å². The monoisotopic (exact) mass is 229 g/mol. The van der Waals surface area contributed by atoms with Gasteiger partial charge in [-0.15, -0.1) is 0 Å². The molecule has 0 radical (unpaired) electrons. The van der Waals surface area contributed by atoms with Crippen molar-refractivity contribution in [2.24, 2.45) is 5.41 Å². The molecule has 4 nitrogen and oxygen atoms in total. The Morgan fingerprint density at radius 3 is 2.38 bits per heavy atom. The number of ketones is 1. The van der Waals surface area contributed by atoms with Crippen LogP contribution in [0, 0.1) is 5.41 Å². The van der Waals surface area contributed by atoms with E-state index in [4.69, 9.17) is 5.11 Å². The highest BCUT2D eigenvalue weighted by Crippen LogP contribution is 2.23. The maximum atomic E-state index is 11.7. The Morgan fingerprint density at radius 1 is 1.25 bits per heavy atom. The van der Waals surface area contributed by atoms with Crippen molar-refractivity contribution < 1.29 is 14.7 Å². The van der Waals surface area contributed by atoms with Gasteiger partial charge >= 0.3 is 0 Å². The fourth-order valence-electron chi connectivity index (χ4n) is 1.23. The summed E-state index contributed by atoms with van der Waals surface area (Å²) in [4.78, 5) is 22.9. The van der Waals surface area contributed by atoms with Gasteiger partial charge in [-0.1, -0.05) is 20.8 Å². The second kappa shape index (κ2) is 7.39. The average Bonchev–Trinajstić information content (AvgIpc) is 2.26. The predicted molar refractivity (Wildman–Crippen MR) is 63.0 cm³/mol. The summed E-state index contributed by atoms with van der Waals surface area (Å²) in [6.45, 7) is 6.09. The van der Waals surface area contributed by atoms with Crippen LogP contribution in [-0.4, -0.2) is 29.9 Å². The van der Waals surface area contributed by atoms with Gasteiger partial charge in [0, 0.05) is 24.8 Å². The van der Waals surface area contributed by atoms with Gasteiger partial charge in [-0.2, -0.15) is 0 Å². The third-order valence-electron chi connectivity index (χ3n) is 2.88. The van der Waals surface area contributed by atoms with Gasteiger partial charge in [-0.05, 0) is 12.8 Å². The molecule has 0 rings (SSSR count). The second-order valence-corrected chi connectivity index (χ2v) is 4.59. The van der Waals surface area contributed by atoms with Crippen molar-refractivity contribution in [2.75, 3.05) is 13.2 Å². The van der Waals surface area contributed by atoms with Gasteiger partial charge in [-0.3, -0.25) is 9.59 Å². The van der Waals surface area contributed by atoms with E-state index < -0.39 is 0 Å². The molecule has 4 heteroatoms. The largest absolute Gasteiger partial charge is 0.395 e. The Balaban J connectivity index is 3.74. The van der Waals surface area contributed by atoms with E-state index >= 15 is 0 Å². The molecule has 0 aliphatic carbocycles. The van der Waals surface area contributed by atoms with Crippen LogP contribution in [0.2, 0.25) is 0 Å². The SMILES string of the molecule is CCC(C)(C)C(=O)CCCC(=O)NCCO. The molecule has 0 aromatic carbocycles. The summed E-state index contributed by atoms with van der Waals surface area (Å²) in [6, 6.07) is 0. The van der Waals surface area contributed by atoms with Crippen LogP contribution in [0.5, 0.6) is 0 Å². The smallest absolute Gasteiger partial charge is 0.220 e. The van der Waals surface area contributed by atoms with Crippen molar-refractivity contribution in [2.45, 2.75) is 46.5 Å². The number of rotatable bonds is 8. The van der Waals surface area contributed by atoms with Crippen LogP contribution in [0.3, 0.4) is 0 Å². The minimum Gasteiger partial charge on any atom is -0.395 e. The van der Waals surface area contributed by atoms with Gasteiger partial charge in [0.15, 0.2) is 0 Å². The third kappa shape index (κ3) is 5.85. The number of nitrogens with one attached hydrogen (secondary N) is 1. The Morgan fingerprint density at radius 2 is 1.88 bits per heavy atom. The molecule has 0 unspecified atom stereocenters. The molecule has 0 aromatic rings. The fourth-order valence-corrected chi connectivity index (χ4v) is 1.23. The molecule has 0 saturated carbocycles. The van der Waals surface area contributed by atoms with E-state index in [-0.39, 0.29) is 30.3 Å². The van der Waals surface area contributed by atoms with E-state index in [2.05, 4.69) is 5.32 Å². The van der Waals surface area contributed by atoms with E-state index in [1.165, 1.54) is 0 Å². The van der Waals surface area contributed by atoms with Gasteiger partial charge < -0.3 is 10.4 Å². The Kier molecular flexibility index (Phi) is 6.97. The van der Waals surface area contributed by atoms with Crippen LogP contribution < -0.4 is 5.32 Å². The Bertz CT molecular complexity index is 236. The maximum absolute atomic E-state index is 11.7. The summed E-state index contributed by atoms with van der Waals surface area (Å²) in [5, 5.41) is 11.1. The van der Waals surface area contributed by atoms with Crippen LogP contribution in [0.1, 0.15) is 46.5 Å². The summed E-state index contributed by atoms with van der Waals surface area (Å²) < 4.78 is 0. The average molecular weight is 229 g/mol. The summed E-state index contributed by atoms with van der Waals surface area (Å²) >= 11 is 0. The number of aliphatic hydroxyl groups is 1. The number of Topliss-reactive ketones (excluding diaryl/α,β-unsaturated/α-hetero) is 1. The lowest BCUT2D eigenvalue weighted by Gasteiger charge is -2.20. The minimum atomic E-state index is -0.276. The van der Waals surface area contributed by atoms with E-state index in [0.717, 1.165) is 6.42 Å². The number of aliphatic hydroxyl groups excluding tert-OH is 1. The number of hydrogen-bond donors (Lipinski definition) is 2. The van der Waals surface area contributed by atoms with E-state index in [9.17, 15) is 9.59 Å². The Hall–Kier alpha value is -0.900. The second-order valence-electron chi connectivity index (χ2n) is 4.59. The quantitative estimate of drug-likeness (QED) is 0.658. The highest BCUT2D eigenvalue weighted by atomic mass is 16.3. The molecule has 94 valence electrons. The van der Waals surface area contributed by atoms with E-state index in [0.29, 0.717) is 19.3 Å². The zero-order chi connectivity index (χ0) is 12.6. The molecular formula is C12H23NO3. The third-order valence-corrected chi connectivity index (χ3v) is 2.88. The first-order chi connectivity index (χ1) is 7.44. The standard InChI is InChI=1S/C12H23NO3/c1-4-12(2,3)10(15)6-5-7-11(16)13-8-9-14/h14H,4-9H2,1-3H3,(H,13,16). The zero-order valence-corrected chi connectivity index (χ0v) is 10.5. The van der Waals surface area contributed by atoms with Crippen molar-refractivity contribution in [3.63, 3.8) is 0 Å². The molecule has 0 aliphatic rings. The molecule has 16 heavy (non-hydrogen) atoms. The fraction of sp³-hybridized carbons (Fsp3) is 0.833. The van der Waals surface area contributed by atoms with Crippen molar-refractivity contribution in [1.29, 1.82) is 0 Å². The van der Waals surface area contributed by atoms with Crippen LogP contribution in [-0.2, 0) is 9.59 Å². The topological polar surface area (TPSA) is 66.4 Å². The molecule has 0 aliphatic heterocycles. The van der Waals surface area contributed by atoms with Crippen molar-refractivity contribution in [3.05, 3.63) is 0 Å².